The summed E-state index contributed by atoms with van der Waals surface area (Å²) in [5.74, 6) is 0. The Labute approximate surface area is 171 Å². The average Bonchev–Trinajstić information content (AvgIpc) is 2.48. The average molecular weight is 578 g/mol. The zero-order valence-corrected chi connectivity index (χ0v) is 20.0. The SMILES string of the molecule is Pc1ccc(-c2ccc(-c3ccc(P)cc3I)c(I)c2)c(P)c1. The number of rotatable bonds is 2. The van der Waals surface area contributed by atoms with Gasteiger partial charge in [0.2, 0.25) is 0 Å². The zero-order valence-electron chi connectivity index (χ0n) is 12.2. The summed E-state index contributed by atoms with van der Waals surface area (Å²) in [4.78, 5) is 0. The summed E-state index contributed by atoms with van der Waals surface area (Å²) in [6.45, 7) is 0. The second kappa shape index (κ2) is 7.75. The largest absolute Gasteiger partial charge is 0.106 e. The minimum Gasteiger partial charge on any atom is -0.106 e. The van der Waals surface area contributed by atoms with Crippen molar-refractivity contribution in [2.75, 3.05) is 0 Å². The lowest BCUT2D eigenvalue weighted by Crippen LogP contribution is -2.04. The van der Waals surface area contributed by atoms with E-state index >= 15 is 0 Å². The van der Waals surface area contributed by atoms with Crippen molar-refractivity contribution in [2.24, 2.45) is 0 Å². The van der Waals surface area contributed by atoms with Gasteiger partial charge >= 0.3 is 0 Å². The van der Waals surface area contributed by atoms with Crippen molar-refractivity contribution in [3.8, 4) is 22.3 Å². The van der Waals surface area contributed by atoms with Crippen LogP contribution in [0.4, 0.5) is 0 Å². The molecule has 0 aromatic heterocycles. The molecule has 116 valence electrons. The third-order valence-corrected chi connectivity index (χ3v) is 6.62. The topological polar surface area (TPSA) is 0 Å². The molecule has 0 nitrogen and oxygen atoms in total. The smallest absolute Gasteiger partial charge is 0.0215 e. The number of halogens is 2. The van der Waals surface area contributed by atoms with Crippen molar-refractivity contribution in [1.82, 2.24) is 0 Å². The maximum absolute atomic E-state index is 2.84. The van der Waals surface area contributed by atoms with E-state index in [1.807, 2.05) is 0 Å². The van der Waals surface area contributed by atoms with Crippen molar-refractivity contribution in [2.45, 2.75) is 0 Å². The lowest BCUT2D eigenvalue weighted by molar-refractivity contribution is 1.56. The van der Waals surface area contributed by atoms with Gasteiger partial charge in [-0.25, -0.2) is 0 Å². The van der Waals surface area contributed by atoms with Gasteiger partial charge in [0, 0.05) is 7.14 Å². The highest BCUT2D eigenvalue weighted by Crippen LogP contribution is 2.32. The van der Waals surface area contributed by atoms with Crippen molar-refractivity contribution >= 4 is 88.8 Å². The first-order valence-electron chi connectivity index (χ1n) is 6.96. The van der Waals surface area contributed by atoms with Gasteiger partial charge in [-0.15, -0.1) is 27.7 Å². The van der Waals surface area contributed by atoms with E-state index in [4.69, 9.17) is 0 Å². The molecular weight excluding hydrogens is 563 g/mol. The Kier molecular flexibility index (Phi) is 6.13. The van der Waals surface area contributed by atoms with Crippen molar-refractivity contribution in [3.05, 3.63) is 61.7 Å². The highest BCUT2D eigenvalue weighted by molar-refractivity contribution is 14.1. The molecule has 5 heteroatoms. The second-order valence-electron chi connectivity index (χ2n) is 5.28. The Morgan fingerprint density at radius 1 is 0.565 bits per heavy atom. The van der Waals surface area contributed by atoms with Gasteiger partial charge in [0.15, 0.2) is 0 Å². The molecule has 3 rings (SSSR count). The Morgan fingerprint density at radius 3 is 1.65 bits per heavy atom. The molecule has 0 saturated carbocycles. The van der Waals surface area contributed by atoms with Gasteiger partial charge in [0.05, 0.1) is 0 Å². The Hall–Kier alpha value is 0.410. The lowest BCUT2D eigenvalue weighted by atomic mass is 10.0. The van der Waals surface area contributed by atoms with E-state index in [9.17, 15) is 0 Å². The molecule has 23 heavy (non-hydrogen) atoms. The summed E-state index contributed by atoms with van der Waals surface area (Å²) in [6, 6.07) is 19.7. The fraction of sp³-hybridized carbons (Fsp3) is 0. The van der Waals surface area contributed by atoms with Gasteiger partial charge in [-0.3, -0.25) is 0 Å². The minimum absolute atomic E-state index is 1.21. The van der Waals surface area contributed by atoms with Gasteiger partial charge in [-0.2, -0.15) is 0 Å². The van der Waals surface area contributed by atoms with Crippen LogP contribution >= 0.6 is 72.9 Å². The van der Waals surface area contributed by atoms with Gasteiger partial charge < -0.3 is 0 Å². The standard InChI is InChI=1S/C18H15I2P3/c19-16-7-10(13-5-2-12(22)9-18(13)23)1-4-14(16)15-6-3-11(21)8-17(15)20/h1-9H,21-23H2. The number of hydrogen-bond donors (Lipinski definition) is 0. The molecule has 0 amide bonds. The zero-order chi connectivity index (χ0) is 16.6. The maximum Gasteiger partial charge on any atom is 0.0215 e. The van der Waals surface area contributed by atoms with E-state index in [0.29, 0.717) is 0 Å². The van der Waals surface area contributed by atoms with E-state index in [2.05, 4.69) is 127 Å². The van der Waals surface area contributed by atoms with Crippen LogP contribution in [0.2, 0.25) is 0 Å². The summed E-state index contributed by atoms with van der Waals surface area (Å²) in [6.07, 6.45) is 0. The maximum atomic E-state index is 2.84. The van der Waals surface area contributed by atoms with Crippen LogP contribution in [0, 0.1) is 7.14 Å². The highest BCUT2D eigenvalue weighted by Gasteiger charge is 2.10. The predicted octanol–water partition coefficient (Wildman–Crippen LogP) is 4.73. The van der Waals surface area contributed by atoms with Crippen LogP contribution in [0.15, 0.2) is 54.6 Å². The van der Waals surface area contributed by atoms with E-state index in [1.54, 1.807) is 0 Å². The monoisotopic (exact) mass is 578 g/mol. The fourth-order valence-electron chi connectivity index (χ4n) is 2.49. The van der Waals surface area contributed by atoms with Gasteiger partial charge in [-0.1, -0.05) is 36.4 Å². The lowest BCUT2D eigenvalue weighted by Gasteiger charge is -2.12. The first-order chi connectivity index (χ1) is 11.0. The molecule has 3 atom stereocenters. The molecule has 0 fully saturated rings. The molecule has 0 aliphatic rings. The van der Waals surface area contributed by atoms with Crippen LogP contribution in [0.1, 0.15) is 0 Å². The summed E-state index contributed by atoms with van der Waals surface area (Å²) >= 11 is 4.85. The Balaban J connectivity index is 2.07. The molecular formula is C18H15I2P3. The van der Waals surface area contributed by atoms with E-state index in [1.165, 1.54) is 45.3 Å². The van der Waals surface area contributed by atoms with Crippen LogP contribution in [0.25, 0.3) is 22.3 Å². The molecule has 3 aromatic carbocycles. The number of benzene rings is 3. The third-order valence-electron chi connectivity index (χ3n) is 3.64. The molecule has 0 bridgehead atoms. The van der Waals surface area contributed by atoms with Crippen molar-refractivity contribution < 1.29 is 0 Å². The predicted molar refractivity (Wildman–Crippen MR) is 131 cm³/mol. The molecule has 0 aliphatic heterocycles. The number of hydrogen-bond acceptors (Lipinski definition) is 0. The van der Waals surface area contributed by atoms with Crippen LogP contribution in [-0.2, 0) is 0 Å². The second-order valence-corrected chi connectivity index (χ2v) is 9.56. The van der Waals surface area contributed by atoms with Crippen molar-refractivity contribution in [3.63, 3.8) is 0 Å². The molecule has 0 aliphatic carbocycles. The summed E-state index contributed by atoms with van der Waals surface area (Å²) in [5.41, 5.74) is 5.10. The molecule has 0 saturated heterocycles. The van der Waals surface area contributed by atoms with Gasteiger partial charge in [0.25, 0.3) is 0 Å². The first-order valence-corrected chi connectivity index (χ1v) is 10.8. The van der Waals surface area contributed by atoms with Gasteiger partial charge in [-0.05, 0) is 102 Å². The van der Waals surface area contributed by atoms with E-state index in [-0.39, 0.29) is 0 Å². The molecule has 0 spiro atoms. The van der Waals surface area contributed by atoms with E-state index < -0.39 is 0 Å². The molecule has 3 unspecified atom stereocenters. The van der Waals surface area contributed by atoms with Crippen molar-refractivity contribution in [1.29, 1.82) is 0 Å². The first kappa shape index (κ1) is 18.2. The third kappa shape index (κ3) is 4.15. The molecule has 0 N–H and O–H groups in total. The minimum atomic E-state index is 1.21. The van der Waals surface area contributed by atoms with Crippen LogP contribution in [-0.4, -0.2) is 0 Å². The quantitative estimate of drug-likeness (QED) is 0.305. The summed E-state index contributed by atoms with van der Waals surface area (Å²) in [7, 11) is 8.34. The summed E-state index contributed by atoms with van der Waals surface area (Å²) < 4.78 is 2.55. The Morgan fingerprint density at radius 2 is 1.09 bits per heavy atom. The van der Waals surface area contributed by atoms with E-state index in [0.717, 1.165) is 0 Å². The normalized spacial score (nSPS) is 10.8. The van der Waals surface area contributed by atoms with Crippen LogP contribution in [0.5, 0.6) is 0 Å². The molecule has 3 aromatic rings. The Bertz CT molecular complexity index is 891. The van der Waals surface area contributed by atoms with Crippen LogP contribution in [0.3, 0.4) is 0 Å². The summed E-state index contributed by atoms with van der Waals surface area (Å²) in [5, 5.41) is 3.65. The molecule has 0 radical (unpaired) electrons. The van der Waals surface area contributed by atoms with Crippen LogP contribution < -0.4 is 15.9 Å². The molecule has 0 heterocycles. The highest BCUT2D eigenvalue weighted by atomic mass is 127. The van der Waals surface area contributed by atoms with Gasteiger partial charge in [0.1, 0.15) is 0 Å². The fourth-order valence-corrected chi connectivity index (χ4v) is 5.66.